The molecule has 1 saturated heterocycles. The molecule has 1 aliphatic heterocycles. The van der Waals surface area contributed by atoms with Crippen LogP contribution < -0.4 is 26.8 Å². The molecule has 1 fully saturated rings. The second-order valence-electron chi connectivity index (χ2n) is 10.7. The minimum absolute atomic E-state index is 0.0615. The summed E-state index contributed by atoms with van der Waals surface area (Å²) in [7, 11) is -3.07. The number of oxime groups is 1. The van der Waals surface area contributed by atoms with Gasteiger partial charge in [0.2, 0.25) is 12.3 Å². The van der Waals surface area contributed by atoms with Gasteiger partial charge in [-0.1, -0.05) is 17.3 Å². The Kier molecular flexibility index (Phi) is 10.3. The summed E-state index contributed by atoms with van der Waals surface area (Å²) in [5, 5.41) is 20.7. The second kappa shape index (κ2) is 13.8. The maximum Gasteiger partial charge on any atom is 0.418 e. The van der Waals surface area contributed by atoms with Crippen molar-refractivity contribution >= 4 is 56.1 Å². The van der Waals surface area contributed by atoms with Crippen molar-refractivity contribution in [2.45, 2.75) is 44.5 Å². The quantitative estimate of drug-likeness (QED) is 0.0389. The Hall–Kier alpha value is -4.63. The number of β-lactam (4-membered cyclic amide) rings is 1. The fraction of sp³-hybridized carbons (Fsp3) is 0.385. The molecule has 3 heterocycles. The van der Waals surface area contributed by atoms with E-state index in [9.17, 15) is 27.9 Å². The highest BCUT2D eigenvalue weighted by atomic mass is 32.3. The molecule has 4 rings (SSSR count). The van der Waals surface area contributed by atoms with Gasteiger partial charge in [0.25, 0.3) is 11.8 Å². The molecular weight excluding hydrogens is 646 g/mol. The molecule has 2 amide bonds. The molecule has 1 unspecified atom stereocenters. The van der Waals surface area contributed by atoms with E-state index in [1.807, 2.05) is 36.3 Å². The van der Waals surface area contributed by atoms with Crippen molar-refractivity contribution in [1.82, 2.24) is 20.0 Å². The number of carboxylic acids is 1. The predicted octanol–water partition coefficient (Wildman–Crippen LogP) is -0.507. The highest BCUT2D eigenvalue weighted by Gasteiger charge is 2.58. The van der Waals surface area contributed by atoms with Crippen LogP contribution in [-0.4, -0.2) is 87.1 Å². The standard InChI is InChI=1S/C26H33N9O9S2/c1-26(2)21(23(37)35(26)44-46(40,41)42)31-22(36)20(18-14-45-25(28)30-18)32-43-19(24(38)39)11-29-17-7-5-15(6-8-17)16-12-33(3)34(13-16)10-4-9-27/h5-8,12-14,19,21,29H,4,9-11,27H2,1-3H3,(H4-,28,30,31,36,38,39,40,41,42)/p+1/b32-20-/t19?,21-/m1/s1. The van der Waals surface area contributed by atoms with Crippen LogP contribution in [0.15, 0.2) is 47.2 Å². The number of benzene rings is 1. The maximum atomic E-state index is 13.2. The topological polar surface area (TPSA) is 258 Å². The summed E-state index contributed by atoms with van der Waals surface area (Å²) in [5.41, 5.74) is 11.9. The number of aliphatic carboxylic acids is 1. The van der Waals surface area contributed by atoms with Crippen LogP contribution in [0.4, 0.5) is 10.8 Å². The second-order valence-corrected chi connectivity index (χ2v) is 12.6. The number of anilines is 2. The molecular formula is C26H34N9O9S2+. The first-order chi connectivity index (χ1) is 21.6. The summed E-state index contributed by atoms with van der Waals surface area (Å²) < 4.78 is 39.4. The zero-order valence-electron chi connectivity index (χ0n) is 25.0. The van der Waals surface area contributed by atoms with Gasteiger partial charge in [0.15, 0.2) is 17.9 Å². The lowest BCUT2D eigenvalue weighted by atomic mass is 9.84. The third-order valence-electron chi connectivity index (χ3n) is 6.97. The average Bonchev–Trinajstić information content (AvgIpc) is 3.59. The molecule has 20 heteroatoms. The number of thiazole rings is 1. The van der Waals surface area contributed by atoms with Gasteiger partial charge >= 0.3 is 16.4 Å². The monoisotopic (exact) mass is 680 g/mol. The third kappa shape index (κ3) is 7.95. The Bertz CT molecular complexity index is 1740. The molecule has 2 aromatic heterocycles. The number of nitrogens with two attached hydrogens (primary N) is 2. The number of carboxylic acid groups (broad SMARTS) is 1. The fourth-order valence-corrected chi connectivity index (χ4v) is 5.48. The number of nitrogen functional groups attached to an aromatic ring is 1. The van der Waals surface area contributed by atoms with Crippen LogP contribution in [0.2, 0.25) is 0 Å². The van der Waals surface area contributed by atoms with Gasteiger partial charge < -0.3 is 32.0 Å². The molecule has 1 aliphatic rings. The van der Waals surface area contributed by atoms with Gasteiger partial charge in [-0.15, -0.1) is 20.3 Å². The van der Waals surface area contributed by atoms with Crippen molar-refractivity contribution < 1.29 is 46.3 Å². The first kappa shape index (κ1) is 34.2. The largest absolute Gasteiger partial charge is 0.478 e. The van der Waals surface area contributed by atoms with Gasteiger partial charge in [-0.2, -0.15) is 18.2 Å². The zero-order valence-corrected chi connectivity index (χ0v) is 26.6. The smallest absolute Gasteiger partial charge is 0.418 e. The van der Waals surface area contributed by atoms with E-state index < -0.39 is 51.6 Å². The van der Waals surface area contributed by atoms with Gasteiger partial charge in [-0.05, 0) is 44.5 Å². The molecule has 2 atom stereocenters. The first-order valence-electron chi connectivity index (χ1n) is 13.7. The van der Waals surface area contributed by atoms with E-state index in [2.05, 4.69) is 29.7 Å². The van der Waals surface area contributed by atoms with Crippen molar-refractivity contribution in [3.05, 3.63) is 47.7 Å². The molecule has 0 radical (unpaired) electrons. The average molecular weight is 681 g/mol. The minimum Gasteiger partial charge on any atom is -0.478 e. The van der Waals surface area contributed by atoms with E-state index in [1.54, 1.807) is 12.1 Å². The zero-order chi connectivity index (χ0) is 33.8. The molecule has 8 N–H and O–H groups in total. The lowest BCUT2D eigenvalue weighted by Crippen LogP contribution is -2.76. The summed E-state index contributed by atoms with van der Waals surface area (Å²) in [4.78, 5) is 47.0. The highest BCUT2D eigenvalue weighted by Crippen LogP contribution is 2.33. The number of carbonyl (C=O) groups is 3. The molecule has 0 aliphatic carbocycles. The number of aryl methyl sites for hydroxylation is 2. The molecule has 1 aromatic carbocycles. The summed E-state index contributed by atoms with van der Waals surface area (Å²) in [6.45, 7) is 3.87. The summed E-state index contributed by atoms with van der Waals surface area (Å²) in [6.07, 6.45) is 3.28. The predicted molar refractivity (Wildman–Crippen MR) is 164 cm³/mol. The molecule has 0 bridgehead atoms. The van der Waals surface area contributed by atoms with Crippen LogP contribution in [-0.2, 0) is 47.5 Å². The van der Waals surface area contributed by atoms with Gasteiger partial charge in [0.1, 0.15) is 11.7 Å². The van der Waals surface area contributed by atoms with Crippen LogP contribution in [0.5, 0.6) is 0 Å². The van der Waals surface area contributed by atoms with E-state index in [0.29, 0.717) is 17.3 Å². The number of amides is 2. The van der Waals surface area contributed by atoms with Crippen molar-refractivity contribution in [3.63, 3.8) is 0 Å². The van der Waals surface area contributed by atoms with E-state index in [0.717, 1.165) is 35.4 Å². The number of hydroxylamine groups is 2. The molecule has 18 nitrogen and oxygen atoms in total. The maximum absolute atomic E-state index is 13.2. The van der Waals surface area contributed by atoms with Crippen LogP contribution in [0.3, 0.4) is 0 Å². The number of carbonyl (C=O) groups excluding carboxylic acids is 2. The van der Waals surface area contributed by atoms with E-state index in [-0.39, 0.29) is 17.4 Å². The van der Waals surface area contributed by atoms with Crippen molar-refractivity contribution in [1.29, 1.82) is 0 Å². The minimum atomic E-state index is -5.01. The number of rotatable bonds is 15. The number of nitrogens with one attached hydrogen (secondary N) is 2. The highest BCUT2D eigenvalue weighted by molar-refractivity contribution is 7.80. The number of hydrogen-bond acceptors (Lipinski definition) is 13. The van der Waals surface area contributed by atoms with E-state index >= 15 is 0 Å². The van der Waals surface area contributed by atoms with Gasteiger partial charge in [-0.3, -0.25) is 14.1 Å². The molecule has 0 saturated carbocycles. The first-order valence-corrected chi connectivity index (χ1v) is 16.0. The molecule has 3 aromatic rings. The molecule has 248 valence electrons. The Morgan fingerprint density at radius 3 is 2.52 bits per heavy atom. The Morgan fingerprint density at radius 1 is 1.26 bits per heavy atom. The van der Waals surface area contributed by atoms with Gasteiger partial charge in [-0.25, -0.2) is 9.78 Å². The van der Waals surface area contributed by atoms with Crippen LogP contribution in [0, 0.1) is 0 Å². The summed E-state index contributed by atoms with van der Waals surface area (Å²) >= 11 is 0.973. The fourth-order valence-electron chi connectivity index (χ4n) is 4.48. The normalized spacial score (nSPS) is 16.9. The molecule has 46 heavy (non-hydrogen) atoms. The van der Waals surface area contributed by atoms with Crippen LogP contribution in [0.1, 0.15) is 26.0 Å². The van der Waals surface area contributed by atoms with Crippen LogP contribution in [0.25, 0.3) is 11.1 Å². The van der Waals surface area contributed by atoms with Gasteiger partial charge in [0.05, 0.1) is 30.4 Å². The lowest BCUT2D eigenvalue weighted by Gasteiger charge is -2.50. The van der Waals surface area contributed by atoms with Crippen molar-refractivity contribution in [2.75, 3.05) is 24.1 Å². The number of nitrogens with zero attached hydrogens (tertiary/aromatic N) is 5. The Morgan fingerprint density at radius 2 is 1.96 bits per heavy atom. The lowest BCUT2D eigenvalue weighted by molar-refractivity contribution is -0.753. The van der Waals surface area contributed by atoms with E-state index in [4.69, 9.17) is 20.9 Å². The van der Waals surface area contributed by atoms with Crippen molar-refractivity contribution in [2.24, 2.45) is 17.9 Å². The number of aromatic nitrogens is 3. The molecule has 0 spiro atoms. The SMILES string of the molecule is C[n+]1cc(-c2ccc(NCC(O/N=C(\C(=O)N[C@@H]3C(=O)N(OS(=O)(=O)O)C3(C)C)c3csc(N)n3)C(=O)O)cc2)cn1CCCN. The summed E-state index contributed by atoms with van der Waals surface area (Å²) in [5.74, 6) is -3.36. The number of hydrogen-bond donors (Lipinski definition) is 6. The van der Waals surface area contributed by atoms with Crippen LogP contribution >= 0.6 is 11.3 Å². The third-order valence-corrected chi connectivity index (χ3v) is 7.98. The summed E-state index contributed by atoms with van der Waals surface area (Å²) in [6, 6.07) is 5.99. The Balaban J connectivity index is 1.44. The van der Waals surface area contributed by atoms with Gasteiger partial charge in [0, 0.05) is 11.1 Å². The van der Waals surface area contributed by atoms with E-state index in [1.165, 1.54) is 19.2 Å². The van der Waals surface area contributed by atoms with Crippen molar-refractivity contribution in [3.8, 4) is 11.1 Å². The Labute approximate surface area is 267 Å².